The van der Waals surface area contributed by atoms with E-state index >= 15 is 0 Å². The van der Waals surface area contributed by atoms with E-state index in [1.165, 1.54) is 18.1 Å². The molecule has 6 atom stereocenters. The zero-order valence-corrected chi connectivity index (χ0v) is 24.7. The van der Waals surface area contributed by atoms with Crippen molar-refractivity contribution >= 4 is 49.1 Å². The molecule has 11 nitrogen and oxygen atoms in total. The average Bonchev–Trinajstić information content (AvgIpc) is 3.22. The number of nitrogens with two attached hydrogens (primary N) is 1. The summed E-state index contributed by atoms with van der Waals surface area (Å²) in [6.45, 7) is 6.82. The highest BCUT2D eigenvalue weighted by Crippen LogP contribution is 2.41. The van der Waals surface area contributed by atoms with Crippen molar-refractivity contribution in [2.45, 2.75) is 58.3 Å². The Kier molecular flexibility index (Phi) is 11.7. The number of hydrogen-bond donors (Lipinski definition) is 3. The third kappa shape index (κ3) is 8.13. The molecular weight excluding hydrogens is 559 g/mol. The van der Waals surface area contributed by atoms with Gasteiger partial charge in [0, 0.05) is 24.6 Å². The van der Waals surface area contributed by atoms with Crippen LogP contribution < -0.4 is 15.3 Å². The van der Waals surface area contributed by atoms with Gasteiger partial charge in [0.25, 0.3) is 0 Å². The van der Waals surface area contributed by atoms with Crippen LogP contribution in [0.3, 0.4) is 0 Å². The number of carbonyl (C=O) groups is 2. The molecule has 1 fully saturated rings. The highest BCUT2D eigenvalue weighted by atomic mass is 35.5. The Morgan fingerprint density at radius 3 is 2.65 bits per heavy atom. The summed E-state index contributed by atoms with van der Waals surface area (Å²) in [4.78, 5) is 29.3. The molecule has 13 heteroatoms. The molecule has 6 unspecified atom stereocenters. The van der Waals surface area contributed by atoms with Gasteiger partial charge in [0.15, 0.2) is 0 Å². The fourth-order valence-corrected chi connectivity index (χ4v) is 5.40. The van der Waals surface area contributed by atoms with Gasteiger partial charge in [-0.25, -0.2) is 5.09 Å². The second-order valence-corrected chi connectivity index (χ2v) is 11.1. The van der Waals surface area contributed by atoms with Crippen LogP contribution in [0.2, 0.25) is 0 Å². The Labute approximate surface area is 240 Å². The maximum absolute atomic E-state index is 12.5. The minimum absolute atomic E-state index is 0.0482. The summed E-state index contributed by atoms with van der Waals surface area (Å²) in [6, 6.07) is 12.6. The number of aliphatic hydroxyl groups is 1. The number of benzene rings is 2. The number of fused-ring (bicyclic) bond motifs is 1. The highest BCUT2D eigenvalue weighted by molar-refractivity contribution is 7.45. The van der Waals surface area contributed by atoms with Crippen molar-refractivity contribution in [2.75, 3.05) is 13.7 Å². The van der Waals surface area contributed by atoms with Gasteiger partial charge in [0.1, 0.15) is 30.0 Å². The molecule has 1 heterocycles. The second kappa shape index (κ2) is 14.7. The van der Waals surface area contributed by atoms with E-state index in [4.69, 9.17) is 35.9 Å². The van der Waals surface area contributed by atoms with Gasteiger partial charge in [0.05, 0.1) is 23.8 Å². The van der Waals surface area contributed by atoms with Gasteiger partial charge in [-0.1, -0.05) is 54.9 Å². The molecule has 0 spiro atoms. The topological polar surface area (TPSA) is 145 Å². The van der Waals surface area contributed by atoms with Crippen LogP contribution in [-0.2, 0) is 23.6 Å². The van der Waals surface area contributed by atoms with Crippen LogP contribution in [0.5, 0.6) is 5.75 Å². The van der Waals surface area contributed by atoms with Crippen LogP contribution >= 0.6 is 20.1 Å². The predicted molar refractivity (Wildman–Crippen MR) is 154 cm³/mol. The second-order valence-electron chi connectivity index (χ2n) is 9.51. The summed E-state index contributed by atoms with van der Waals surface area (Å²) in [5.41, 5.74) is 5.72. The average molecular weight is 595 g/mol. The fourth-order valence-electron chi connectivity index (χ4n) is 3.98. The number of halogens is 1. The van der Waals surface area contributed by atoms with Crippen LogP contribution in [0.25, 0.3) is 10.8 Å². The molecule has 1 saturated heterocycles. The quantitative estimate of drug-likeness (QED) is 0.104. The number of aliphatic imine (C=N–C) groups is 1. The Morgan fingerprint density at radius 1 is 1.27 bits per heavy atom. The fraction of sp³-hybridized carbons (Fsp3) is 0.444. The van der Waals surface area contributed by atoms with Gasteiger partial charge in [-0.3, -0.25) is 19.5 Å². The van der Waals surface area contributed by atoms with Crippen molar-refractivity contribution in [3.8, 4) is 5.75 Å². The van der Waals surface area contributed by atoms with Crippen molar-refractivity contribution in [3.05, 3.63) is 53.7 Å². The minimum atomic E-state index is -1.90. The summed E-state index contributed by atoms with van der Waals surface area (Å²) in [5.74, 6) is -0.342. The van der Waals surface area contributed by atoms with E-state index in [0.29, 0.717) is 12.2 Å². The van der Waals surface area contributed by atoms with E-state index in [1.54, 1.807) is 27.7 Å². The van der Waals surface area contributed by atoms with Gasteiger partial charge < -0.3 is 29.4 Å². The third-order valence-electron chi connectivity index (χ3n) is 6.14. The molecule has 0 aromatic heterocycles. The zero-order valence-electron chi connectivity index (χ0n) is 23.1. The molecule has 2 aromatic carbocycles. The van der Waals surface area contributed by atoms with Gasteiger partial charge in [-0.05, 0) is 32.2 Å². The SMILES string of the molecule is C/N=C(N)\C(Cl)=C/N(C=O)C1OC(COP(NC(C)C(=O)OC(C)C)Oc2cccc3ccccc23)C(O)C1C. The van der Waals surface area contributed by atoms with E-state index in [1.807, 2.05) is 42.5 Å². The first kappa shape index (κ1) is 31.7. The number of ether oxygens (including phenoxy) is 2. The van der Waals surface area contributed by atoms with Crippen LogP contribution in [0.15, 0.2) is 58.7 Å². The van der Waals surface area contributed by atoms with E-state index < -0.39 is 44.9 Å². The van der Waals surface area contributed by atoms with Gasteiger partial charge in [-0.15, -0.1) is 0 Å². The first-order valence-electron chi connectivity index (χ1n) is 12.8. The summed E-state index contributed by atoms with van der Waals surface area (Å²) in [6.07, 6.45) is -1.08. The summed E-state index contributed by atoms with van der Waals surface area (Å²) < 4.78 is 23.6. The zero-order chi connectivity index (χ0) is 29.4. The largest absolute Gasteiger partial charge is 0.462 e. The molecule has 0 aliphatic carbocycles. The van der Waals surface area contributed by atoms with E-state index in [9.17, 15) is 14.7 Å². The Hall–Kier alpha value is -2.79. The Morgan fingerprint density at radius 2 is 1.98 bits per heavy atom. The van der Waals surface area contributed by atoms with Crippen molar-refractivity contribution < 1.29 is 33.2 Å². The van der Waals surface area contributed by atoms with Crippen molar-refractivity contribution in [3.63, 3.8) is 0 Å². The monoisotopic (exact) mass is 594 g/mol. The number of aliphatic hydroxyl groups excluding tert-OH is 1. The Balaban J connectivity index is 1.77. The summed E-state index contributed by atoms with van der Waals surface area (Å²) in [7, 11) is -0.434. The van der Waals surface area contributed by atoms with Gasteiger partial charge in [-0.2, -0.15) is 0 Å². The van der Waals surface area contributed by atoms with Crippen LogP contribution in [0, 0.1) is 5.92 Å². The molecule has 4 N–H and O–H groups in total. The van der Waals surface area contributed by atoms with Crippen LogP contribution in [0.1, 0.15) is 27.7 Å². The molecule has 40 heavy (non-hydrogen) atoms. The van der Waals surface area contributed by atoms with Gasteiger partial charge in [0.2, 0.25) is 6.41 Å². The lowest BCUT2D eigenvalue weighted by atomic mass is 10.0. The third-order valence-corrected chi connectivity index (χ3v) is 7.77. The van der Waals surface area contributed by atoms with Crippen molar-refractivity contribution in [1.29, 1.82) is 0 Å². The first-order valence-corrected chi connectivity index (χ1v) is 14.3. The molecule has 218 valence electrons. The normalized spacial score (nSPS) is 23.2. The number of nitrogens with zero attached hydrogens (tertiary/aromatic N) is 2. The number of amides is 1. The predicted octanol–water partition coefficient (Wildman–Crippen LogP) is 3.64. The lowest BCUT2D eigenvalue weighted by Gasteiger charge is -2.25. The molecule has 3 rings (SSSR count). The van der Waals surface area contributed by atoms with E-state index in [2.05, 4.69) is 10.1 Å². The number of carbonyl (C=O) groups excluding carboxylic acids is 2. The maximum atomic E-state index is 12.5. The first-order chi connectivity index (χ1) is 19.0. The number of esters is 1. The minimum Gasteiger partial charge on any atom is -0.462 e. The number of hydrogen-bond acceptors (Lipinski definition) is 9. The molecule has 0 radical (unpaired) electrons. The van der Waals surface area contributed by atoms with E-state index in [0.717, 1.165) is 10.8 Å². The molecule has 0 bridgehead atoms. The molecule has 1 aliphatic heterocycles. The molecule has 1 aliphatic rings. The highest BCUT2D eigenvalue weighted by Gasteiger charge is 2.44. The standard InChI is InChI=1S/C27H36ClN4O7P/c1-16(2)37-27(35)18(4)31-40(39-22-12-8-10-19-9-6-7-11-20(19)22)36-14-23-24(34)17(3)26(38-23)32(15-33)13-21(28)25(29)30-5/h6-13,15-18,23-24,26,31,34H,14H2,1-5H3,(H2,29,30)/b21-13+. The van der Waals surface area contributed by atoms with Gasteiger partial charge >= 0.3 is 14.5 Å². The van der Waals surface area contributed by atoms with Crippen molar-refractivity contribution in [2.24, 2.45) is 16.6 Å². The Bertz CT molecular complexity index is 1230. The molecular formula is C27H36ClN4O7P. The molecule has 0 saturated carbocycles. The van der Waals surface area contributed by atoms with E-state index in [-0.39, 0.29) is 23.6 Å². The van der Waals surface area contributed by atoms with Crippen LogP contribution in [-0.4, -0.2) is 72.5 Å². The lowest BCUT2D eigenvalue weighted by Crippen LogP contribution is -2.36. The smallest absolute Gasteiger partial charge is 0.323 e. The molecule has 2 aromatic rings. The maximum Gasteiger partial charge on any atom is 0.323 e. The van der Waals surface area contributed by atoms with Crippen molar-refractivity contribution in [1.82, 2.24) is 9.99 Å². The number of amidine groups is 1. The molecule has 1 amide bonds. The lowest BCUT2D eigenvalue weighted by molar-refractivity contribution is -0.149. The summed E-state index contributed by atoms with van der Waals surface area (Å²) in [5, 5.41) is 15.9. The summed E-state index contributed by atoms with van der Waals surface area (Å²) >= 11 is 6.13. The number of nitrogens with one attached hydrogen (secondary N) is 1. The number of rotatable bonds is 13. The van der Waals surface area contributed by atoms with Crippen LogP contribution in [0.4, 0.5) is 0 Å².